The summed E-state index contributed by atoms with van der Waals surface area (Å²) in [4.78, 5) is 32.8. The smallest absolute Gasteiger partial charge is 0.256 e. The quantitative estimate of drug-likeness (QED) is 0.447. The molecule has 1 aliphatic rings. The summed E-state index contributed by atoms with van der Waals surface area (Å²) in [6, 6.07) is 22.9. The zero-order chi connectivity index (χ0) is 24.4. The normalized spacial score (nSPS) is 13.6. The Kier molecular flexibility index (Phi) is 6.29. The molecule has 176 valence electrons. The molecule has 2 amide bonds. The molecule has 1 fully saturated rings. The summed E-state index contributed by atoms with van der Waals surface area (Å²) in [5.41, 5.74) is 6.48. The van der Waals surface area contributed by atoms with Crippen LogP contribution in [-0.2, 0) is 4.74 Å². The fourth-order valence-corrected chi connectivity index (χ4v) is 4.30. The number of nitrogens with one attached hydrogen (secondary N) is 1. The van der Waals surface area contributed by atoms with Crippen LogP contribution < -0.4 is 5.32 Å². The van der Waals surface area contributed by atoms with Crippen molar-refractivity contribution in [3.05, 3.63) is 95.1 Å². The number of benzene rings is 3. The highest BCUT2D eigenvalue weighted by Crippen LogP contribution is 2.28. The fourth-order valence-electron chi connectivity index (χ4n) is 4.30. The summed E-state index contributed by atoms with van der Waals surface area (Å²) < 4.78 is 5.32. The molecule has 0 atom stereocenters. The molecule has 5 rings (SSSR count). The van der Waals surface area contributed by atoms with Crippen LogP contribution in [0.1, 0.15) is 31.8 Å². The van der Waals surface area contributed by atoms with Crippen molar-refractivity contribution in [1.29, 1.82) is 0 Å². The average molecular weight is 466 g/mol. The summed E-state index contributed by atoms with van der Waals surface area (Å²) in [7, 11) is 0. The number of carbonyl (C=O) groups is 2. The zero-order valence-electron chi connectivity index (χ0n) is 19.9. The number of morpholine rings is 1. The number of anilines is 1. The van der Waals surface area contributed by atoms with Gasteiger partial charge in [0.25, 0.3) is 11.8 Å². The Morgan fingerprint density at radius 3 is 2.34 bits per heavy atom. The predicted molar refractivity (Wildman–Crippen MR) is 138 cm³/mol. The minimum absolute atomic E-state index is 0.0236. The molecule has 0 saturated carbocycles. The molecule has 0 unspecified atom stereocenters. The SMILES string of the molecule is Cc1ccc(-c2cc(C(=O)Nc3ccc(C(=O)N4CCOCC4)cc3)c3cccc(C)c3n2)cc1. The molecular weight excluding hydrogens is 438 g/mol. The van der Waals surface area contributed by atoms with E-state index in [1.165, 1.54) is 5.56 Å². The minimum Gasteiger partial charge on any atom is -0.378 e. The molecule has 35 heavy (non-hydrogen) atoms. The van der Waals surface area contributed by atoms with Gasteiger partial charge in [0, 0.05) is 35.3 Å². The zero-order valence-corrected chi connectivity index (χ0v) is 19.9. The lowest BCUT2D eigenvalue weighted by Gasteiger charge is -2.26. The highest BCUT2D eigenvalue weighted by atomic mass is 16.5. The Balaban J connectivity index is 1.43. The Bertz CT molecular complexity index is 1390. The van der Waals surface area contributed by atoms with Gasteiger partial charge in [-0.3, -0.25) is 9.59 Å². The van der Waals surface area contributed by atoms with Gasteiger partial charge in [-0.05, 0) is 49.7 Å². The third-order valence-corrected chi connectivity index (χ3v) is 6.32. The fraction of sp³-hybridized carbons (Fsp3) is 0.207. The van der Waals surface area contributed by atoms with Gasteiger partial charge in [-0.15, -0.1) is 0 Å². The van der Waals surface area contributed by atoms with Crippen molar-refractivity contribution in [2.45, 2.75) is 13.8 Å². The summed E-state index contributed by atoms with van der Waals surface area (Å²) in [5, 5.41) is 3.79. The topological polar surface area (TPSA) is 71.5 Å². The third-order valence-electron chi connectivity index (χ3n) is 6.32. The molecule has 6 heteroatoms. The molecule has 0 spiro atoms. The molecule has 6 nitrogen and oxygen atoms in total. The molecule has 0 radical (unpaired) electrons. The monoisotopic (exact) mass is 465 g/mol. The molecule has 1 aliphatic heterocycles. The number of para-hydroxylation sites is 1. The lowest BCUT2D eigenvalue weighted by atomic mass is 10.0. The van der Waals surface area contributed by atoms with Gasteiger partial charge in [0.1, 0.15) is 0 Å². The largest absolute Gasteiger partial charge is 0.378 e. The first-order chi connectivity index (χ1) is 17.0. The van der Waals surface area contributed by atoms with Gasteiger partial charge in [0.05, 0.1) is 30.0 Å². The summed E-state index contributed by atoms with van der Waals surface area (Å²) in [5.74, 6) is -0.242. The van der Waals surface area contributed by atoms with E-state index in [2.05, 4.69) is 5.32 Å². The second-order valence-electron chi connectivity index (χ2n) is 8.83. The number of amides is 2. The van der Waals surface area contributed by atoms with Crippen molar-refractivity contribution in [3.63, 3.8) is 0 Å². The van der Waals surface area contributed by atoms with Crippen LogP contribution in [0.15, 0.2) is 72.8 Å². The number of hydrogen-bond acceptors (Lipinski definition) is 4. The number of rotatable bonds is 4. The molecule has 0 bridgehead atoms. The van der Waals surface area contributed by atoms with Crippen LogP contribution in [0.4, 0.5) is 5.69 Å². The molecule has 2 heterocycles. The maximum atomic E-state index is 13.4. The highest BCUT2D eigenvalue weighted by molar-refractivity contribution is 6.13. The van der Waals surface area contributed by atoms with E-state index in [1.54, 1.807) is 29.2 Å². The van der Waals surface area contributed by atoms with E-state index in [4.69, 9.17) is 9.72 Å². The molecular formula is C29H27N3O3. The summed E-state index contributed by atoms with van der Waals surface area (Å²) in [6.45, 7) is 6.35. The lowest BCUT2D eigenvalue weighted by molar-refractivity contribution is 0.0303. The number of hydrogen-bond donors (Lipinski definition) is 1. The van der Waals surface area contributed by atoms with E-state index in [0.29, 0.717) is 43.1 Å². The number of nitrogens with zero attached hydrogens (tertiary/aromatic N) is 2. The van der Waals surface area contributed by atoms with Crippen molar-refractivity contribution < 1.29 is 14.3 Å². The summed E-state index contributed by atoms with van der Waals surface area (Å²) in [6.07, 6.45) is 0. The number of aryl methyl sites for hydroxylation is 2. The highest BCUT2D eigenvalue weighted by Gasteiger charge is 2.19. The van der Waals surface area contributed by atoms with E-state index in [9.17, 15) is 9.59 Å². The first-order valence-corrected chi connectivity index (χ1v) is 11.8. The van der Waals surface area contributed by atoms with Crippen LogP contribution in [0.3, 0.4) is 0 Å². The third kappa shape index (κ3) is 4.79. The van der Waals surface area contributed by atoms with Crippen molar-refractivity contribution in [3.8, 4) is 11.3 Å². The van der Waals surface area contributed by atoms with E-state index < -0.39 is 0 Å². The van der Waals surface area contributed by atoms with Crippen LogP contribution in [-0.4, -0.2) is 48.0 Å². The molecule has 1 aromatic heterocycles. The van der Waals surface area contributed by atoms with Gasteiger partial charge in [-0.25, -0.2) is 4.98 Å². The summed E-state index contributed by atoms with van der Waals surface area (Å²) >= 11 is 0. The number of carbonyl (C=O) groups excluding carboxylic acids is 2. The Labute approximate surface area is 204 Å². The number of aromatic nitrogens is 1. The Morgan fingerprint density at radius 2 is 1.63 bits per heavy atom. The van der Waals surface area contributed by atoms with E-state index >= 15 is 0 Å². The maximum Gasteiger partial charge on any atom is 0.256 e. The van der Waals surface area contributed by atoms with E-state index in [1.807, 2.05) is 62.4 Å². The van der Waals surface area contributed by atoms with Crippen molar-refractivity contribution in [2.24, 2.45) is 0 Å². The molecule has 1 saturated heterocycles. The Hall–Kier alpha value is -4.03. The van der Waals surface area contributed by atoms with Gasteiger partial charge < -0.3 is 15.0 Å². The van der Waals surface area contributed by atoms with Crippen molar-refractivity contribution >= 4 is 28.4 Å². The first kappa shape index (κ1) is 22.7. The van der Waals surface area contributed by atoms with Crippen molar-refractivity contribution in [1.82, 2.24) is 9.88 Å². The van der Waals surface area contributed by atoms with Gasteiger partial charge in [-0.2, -0.15) is 0 Å². The van der Waals surface area contributed by atoms with Crippen LogP contribution in [0, 0.1) is 13.8 Å². The van der Waals surface area contributed by atoms with Crippen LogP contribution in [0.2, 0.25) is 0 Å². The van der Waals surface area contributed by atoms with Gasteiger partial charge in [-0.1, -0.05) is 48.0 Å². The second kappa shape index (κ2) is 9.68. The number of ether oxygens (including phenoxy) is 1. The Morgan fingerprint density at radius 1 is 0.914 bits per heavy atom. The lowest BCUT2D eigenvalue weighted by Crippen LogP contribution is -2.40. The number of fused-ring (bicyclic) bond motifs is 1. The molecule has 3 aromatic carbocycles. The molecule has 1 N–H and O–H groups in total. The second-order valence-corrected chi connectivity index (χ2v) is 8.83. The molecule has 4 aromatic rings. The number of pyridine rings is 1. The minimum atomic E-state index is -0.219. The van der Waals surface area contributed by atoms with Crippen LogP contribution >= 0.6 is 0 Å². The van der Waals surface area contributed by atoms with E-state index in [0.717, 1.165) is 27.7 Å². The van der Waals surface area contributed by atoms with Crippen molar-refractivity contribution in [2.75, 3.05) is 31.6 Å². The van der Waals surface area contributed by atoms with Gasteiger partial charge in [0.2, 0.25) is 0 Å². The van der Waals surface area contributed by atoms with Gasteiger partial charge in [0.15, 0.2) is 0 Å². The maximum absolute atomic E-state index is 13.4. The van der Waals surface area contributed by atoms with Gasteiger partial charge >= 0.3 is 0 Å². The predicted octanol–water partition coefficient (Wildman–Crippen LogP) is 5.24. The average Bonchev–Trinajstić information content (AvgIpc) is 2.89. The van der Waals surface area contributed by atoms with Crippen LogP contribution in [0.5, 0.6) is 0 Å². The van der Waals surface area contributed by atoms with E-state index in [-0.39, 0.29) is 11.8 Å². The van der Waals surface area contributed by atoms with Crippen LogP contribution in [0.25, 0.3) is 22.2 Å². The standard InChI is InChI=1S/C29H27N3O3/c1-19-6-8-21(9-7-19)26-18-25(24-5-3-4-20(2)27(24)31-26)28(33)30-23-12-10-22(11-13-23)29(34)32-14-16-35-17-15-32/h3-13,18H,14-17H2,1-2H3,(H,30,33). The molecule has 0 aliphatic carbocycles. The first-order valence-electron chi connectivity index (χ1n) is 11.8.